The fraction of sp³-hybridized carbons (Fsp3) is 0.250. The van der Waals surface area contributed by atoms with Crippen LogP contribution in [-0.2, 0) is 0 Å². The van der Waals surface area contributed by atoms with E-state index in [1.807, 2.05) is 18.2 Å². The lowest BCUT2D eigenvalue weighted by molar-refractivity contribution is -0.384. The van der Waals surface area contributed by atoms with Crippen LogP contribution in [0.5, 0.6) is 5.75 Å². The summed E-state index contributed by atoms with van der Waals surface area (Å²) < 4.78 is 5.14. The molecule has 21 heavy (non-hydrogen) atoms. The second kappa shape index (κ2) is 5.44. The largest absolute Gasteiger partial charge is 0.497 e. The van der Waals surface area contributed by atoms with E-state index in [0.29, 0.717) is 17.4 Å². The fourth-order valence-electron chi connectivity index (χ4n) is 2.54. The van der Waals surface area contributed by atoms with Crippen LogP contribution in [0, 0.1) is 10.1 Å². The number of anilines is 1. The third kappa shape index (κ3) is 2.81. The number of ether oxygens (including phenoxy) is 1. The maximum Gasteiger partial charge on any atom is 0.292 e. The van der Waals surface area contributed by atoms with Crippen LogP contribution < -0.4 is 10.1 Å². The molecule has 2 unspecified atom stereocenters. The molecule has 0 aliphatic heterocycles. The normalized spacial score (nSPS) is 19.9. The van der Waals surface area contributed by atoms with Crippen molar-refractivity contribution >= 4 is 11.4 Å². The highest BCUT2D eigenvalue weighted by Crippen LogP contribution is 2.44. The van der Waals surface area contributed by atoms with Crippen LogP contribution in [0.15, 0.2) is 48.5 Å². The Morgan fingerprint density at radius 1 is 1.24 bits per heavy atom. The van der Waals surface area contributed by atoms with Crippen LogP contribution in [0.1, 0.15) is 17.9 Å². The van der Waals surface area contributed by atoms with Crippen molar-refractivity contribution in [3.05, 3.63) is 64.2 Å². The summed E-state index contributed by atoms with van der Waals surface area (Å²) in [6, 6.07) is 15.2. The minimum Gasteiger partial charge on any atom is -0.497 e. The highest BCUT2D eigenvalue weighted by Gasteiger charge is 2.39. The van der Waals surface area contributed by atoms with Crippen LogP contribution >= 0.6 is 0 Å². The minimum absolute atomic E-state index is 0.0783. The van der Waals surface area contributed by atoms with E-state index in [0.717, 1.165) is 6.42 Å². The van der Waals surface area contributed by atoms with E-state index in [1.54, 1.807) is 19.2 Å². The lowest BCUT2D eigenvalue weighted by Crippen LogP contribution is -2.06. The SMILES string of the molecule is COc1ccc([N+](=O)[O-])c(NC2CC2c2ccccc2)c1. The van der Waals surface area contributed by atoms with Crippen molar-refractivity contribution in [2.24, 2.45) is 0 Å². The lowest BCUT2D eigenvalue weighted by Gasteiger charge is -2.09. The molecule has 0 heterocycles. The van der Waals surface area contributed by atoms with Gasteiger partial charge in [0, 0.05) is 24.1 Å². The van der Waals surface area contributed by atoms with Gasteiger partial charge in [-0.15, -0.1) is 0 Å². The summed E-state index contributed by atoms with van der Waals surface area (Å²) in [6.07, 6.45) is 0.985. The molecule has 1 aliphatic rings. The molecule has 2 atom stereocenters. The van der Waals surface area contributed by atoms with Crippen molar-refractivity contribution in [2.45, 2.75) is 18.4 Å². The Hall–Kier alpha value is -2.56. The van der Waals surface area contributed by atoms with Gasteiger partial charge in [-0.05, 0) is 18.1 Å². The van der Waals surface area contributed by atoms with Crippen LogP contribution in [0.25, 0.3) is 0 Å². The van der Waals surface area contributed by atoms with Crippen molar-refractivity contribution in [3.8, 4) is 5.75 Å². The summed E-state index contributed by atoms with van der Waals surface area (Å²) in [5.41, 5.74) is 1.86. The van der Waals surface area contributed by atoms with E-state index < -0.39 is 0 Å². The van der Waals surface area contributed by atoms with E-state index in [4.69, 9.17) is 4.74 Å². The van der Waals surface area contributed by atoms with E-state index >= 15 is 0 Å². The highest BCUT2D eigenvalue weighted by atomic mass is 16.6. The maximum absolute atomic E-state index is 11.1. The molecule has 3 rings (SSSR count). The van der Waals surface area contributed by atoms with Gasteiger partial charge in [0.1, 0.15) is 11.4 Å². The first-order valence-electron chi connectivity index (χ1n) is 6.83. The van der Waals surface area contributed by atoms with Gasteiger partial charge in [0.25, 0.3) is 5.69 Å². The molecule has 0 bridgehead atoms. The molecule has 0 radical (unpaired) electrons. The van der Waals surface area contributed by atoms with Crippen LogP contribution in [0.4, 0.5) is 11.4 Å². The molecule has 0 spiro atoms. The predicted molar refractivity (Wildman–Crippen MR) is 80.9 cm³/mol. The van der Waals surface area contributed by atoms with Crippen molar-refractivity contribution < 1.29 is 9.66 Å². The van der Waals surface area contributed by atoms with Gasteiger partial charge in [-0.3, -0.25) is 10.1 Å². The molecular formula is C16H16N2O3. The van der Waals surface area contributed by atoms with E-state index in [-0.39, 0.29) is 16.7 Å². The van der Waals surface area contributed by atoms with Gasteiger partial charge in [0.2, 0.25) is 0 Å². The van der Waals surface area contributed by atoms with Crippen molar-refractivity contribution in [1.29, 1.82) is 0 Å². The maximum atomic E-state index is 11.1. The highest BCUT2D eigenvalue weighted by molar-refractivity contribution is 5.65. The second-order valence-electron chi connectivity index (χ2n) is 5.14. The first kappa shape index (κ1) is 13.4. The summed E-state index contributed by atoms with van der Waals surface area (Å²) in [6.45, 7) is 0. The number of methoxy groups -OCH3 is 1. The number of rotatable bonds is 5. The summed E-state index contributed by atoms with van der Waals surface area (Å²) in [7, 11) is 1.55. The zero-order chi connectivity index (χ0) is 14.8. The molecule has 2 aromatic rings. The zero-order valence-corrected chi connectivity index (χ0v) is 11.7. The second-order valence-corrected chi connectivity index (χ2v) is 5.14. The standard InChI is InChI=1S/C16H16N2O3/c1-21-12-7-8-16(18(19)20)15(9-12)17-14-10-13(14)11-5-3-2-4-6-11/h2-9,13-14,17H,10H2,1H3. The first-order valence-corrected chi connectivity index (χ1v) is 6.83. The fourth-order valence-corrected chi connectivity index (χ4v) is 2.54. The minimum atomic E-state index is -0.373. The Morgan fingerprint density at radius 3 is 2.67 bits per heavy atom. The molecular weight excluding hydrogens is 268 g/mol. The van der Waals surface area contributed by atoms with Crippen molar-refractivity contribution in [3.63, 3.8) is 0 Å². The number of hydrogen-bond acceptors (Lipinski definition) is 4. The molecule has 1 N–H and O–H groups in total. The molecule has 0 saturated heterocycles. The van der Waals surface area contributed by atoms with Gasteiger partial charge in [-0.25, -0.2) is 0 Å². The summed E-state index contributed by atoms with van der Waals surface area (Å²) >= 11 is 0. The van der Waals surface area contributed by atoms with Crippen LogP contribution in [0.2, 0.25) is 0 Å². The van der Waals surface area contributed by atoms with Crippen LogP contribution in [0.3, 0.4) is 0 Å². The molecule has 5 heteroatoms. The Kier molecular flexibility index (Phi) is 3.48. The van der Waals surface area contributed by atoms with Gasteiger partial charge < -0.3 is 10.1 Å². The third-order valence-electron chi connectivity index (χ3n) is 3.76. The summed E-state index contributed by atoms with van der Waals surface area (Å²) in [5, 5.41) is 14.4. The van der Waals surface area contributed by atoms with E-state index in [2.05, 4.69) is 17.4 Å². The monoisotopic (exact) mass is 284 g/mol. The topological polar surface area (TPSA) is 64.4 Å². The zero-order valence-electron chi connectivity index (χ0n) is 11.7. The third-order valence-corrected chi connectivity index (χ3v) is 3.76. The van der Waals surface area contributed by atoms with E-state index in [1.165, 1.54) is 11.6 Å². The number of nitrogens with one attached hydrogen (secondary N) is 1. The average Bonchev–Trinajstić information content (AvgIpc) is 3.27. The van der Waals surface area contributed by atoms with Gasteiger partial charge in [0.15, 0.2) is 0 Å². The average molecular weight is 284 g/mol. The smallest absolute Gasteiger partial charge is 0.292 e. The Labute approximate surface area is 122 Å². The van der Waals surface area contributed by atoms with E-state index in [9.17, 15) is 10.1 Å². The first-order chi connectivity index (χ1) is 10.2. The molecule has 2 aromatic carbocycles. The number of nitro groups is 1. The van der Waals surface area contributed by atoms with Crippen LogP contribution in [-0.4, -0.2) is 18.1 Å². The molecule has 1 fully saturated rings. The molecule has 0 aromatic heterocycles. The molecule has 0 amide bonds. The summed E-state index contributed by atoms with van der Waals surface area (Å²) in [4.78, 5) is 10.7. The molecule has 1 aliphatic carbocycles. The quantitative estimate of drug-likeness (QED) is 0.673. The number of nitro benzene ring substituents is 1. The van der Waals surface area contributed by atoms with Gasteiger partial charge in [0.05, 0.1) is 12.0 Å². The Morgan fingerprint density at radius 2 is 2.00 bits per heavy atom. The van der Waals surface area contributed by atoms with Crippen molar-refractivity contribution in [1.82, 2.24) is 0 Å². The van der Waals surface area contributed by atoms with Gasteiger partial charge >= 0.3 is 0 Å². The van der Waals surface area contributed by atoms with Gasteiger partial charge in [-0.1, -0.05) is 30.3 Å². The molecule has 1 saturated carbocycles. The van der Waals surface area contributed by atoms with Gasteiger partial charge in [-0.2, -0.15) is 0 Å². The van der Waals surface area contributed by atoms with Crippen molar-refractivity contribution in [2.75, 3.05) is 12.4 Å². The Bertz CT molecular complexity index is 658. The number of hydrogen-bond donors (Lipinski definition) is 1. The predicted octanol–water partition coefficient (Wildman–Crippen LogP) is 3.57. The Balaban J connectivity index is 1.78. The molecule has 108 valence electrons. The number of benzene rings is 2. The molecule has 5 nitrogen and oxygen atoms in total. The number of nitrogens with zero attached hydrogens (tertiary/aromatic N) is 1. The lowest BCUT2D eigenvalue weighted by atomic mass is 10.1. The summed E-state index contributed by atoms with van der Waals surface area (Å²) in [5.74, 6) is 1.03.